The van der Waals surface area contributed by atoms with E-state index in [-0.39, 0.29) is 29.0 Å². The Morgan fingerprint density at radius 1 is 1.09 bits per heavy atom. The highest BCUT2D eigenvalue weighted by molar-refractivity contribution is 7.89. The molecule has 1 aromatic heterocycles. The van der Waals surface area contributed by atoms with Gasteiger partial charge in [0.25, 0.3) is 5.91 Å². The summed E-state index contributed by atoms with van der Waals surface area (Å²) in [5.41, 5.74) is 1.31. The summed E-state index contributed by atoms with van der Waals surface area (Å²) in [6.45, 7) is 3.15. The average Bonchev–Trinajstić information content (AvgIpc) is 3.43. The summed E-state index contributed by atoms with van der Waals surface area (Å²) < 4.78 is 43.8. The van der Waals surface area contributed by atoms with Crippen molar-refractivity contribution < 1.29 is 27.1 Å². The van der Waals surface area contributed by atoms with Crippen molar-refractivity contribution in [1.29, 1.82) is 0 Å². The van der Waals surface area contributed by atoms with Gasteiger partial charge >= 0.3 is 0 Å². The van der Waals surface area contributed by atoms with Crippen LogP contribution in [-0.2, 0) is 21.3 Å². The maximum absolute atomic E-state index is 13.0. The number of carbonyl (C=O) groups is 1. The molecule has 1 saturated heterocycles. The van der Waals surface area contributed by atoms with Crippen LogP contribution < -0.4 is 14.8 Å². The number of furan rings is 1. The summed E-state index contributed by atoms with van der Waals surface area (Å²) in [6.07, 6.45) is 1.48. The smallest absolute Gasteiger partial charge is 0.251 e. The van der Waals surface area contributed by atoms with Gasteiger partial charge in [-0.1, -0.05) is 18.2 Å². The molecule has 1 atom stereocenters. The first-order valence-electron chi connectivity index (χ1n) is 11.3. The van der Waals surface area contributed by atoms with Gasteiger partial charge in [0.05, 0.1) is 44.1 Å². The fraction of sp³-hybridized carbons (Fsp3) is 0.320. The number of nitrogens with one attached hydrogen (secondary N) is 2. The lowest BCUT2D eigenvalue weighted by atomic mass is 10.0. The summed E-state index contributed by atoms with van der Waals surface area (Å²) >= 11 is 0. The van der Waals surface area contributed by atoms with Crippen LogP contribution in [0.15, 0.2) is 76.2 Å². The van der Waals surface area contributed by atoms with Gasteiger partial charge in [0.15, 0.2) is 0 Å². The molecule has 1 unspecified atom stereocenters. The molecule has 0 radical (unpaired) electrons. The number of carbonyl (C=O) groups excluding carboxylic acids is 1. The molecule has 1 aliphatic heterocycles. The Kier molecular flexibility index (Phi) is 8.19. The number of sulfonamides is 1. The second kappa shape index (κ2) is 11.5. The van der Waals surface area contributed by atoms with Crippen LogP contribution in [0.3, 0.4) is 0 Å². The first-order valence-corrected chi connectivity index (χ1v) is 12.8. The third-order valence-electron chi connectivity index (χ3n) is 5.87. The van der Waals surface area contributed by atoms with Crippen LogP contribution in [0.1, 0.15) is 27.7 Å². The number of amides is 1. The molecule has 9 nitrogen and oxygen atoms in total. The maximum Gasteiger partial charge on any atom is 0.251 e. The highest BCUT2D eigenvalue weighted by Gasteiger charge is 2.24. The number of methoxy groups -OCH3 is 1. The van der Waals surface area contributed by atoms with Crippen molar-refractivity contribution in [3.63, 3.8) is 0 Å². The van der Waals surface area contributed by atoms with E-state index in [1.807, 2.05) is 24.3 Å². The lowest BCUT2D eigenvalue weighted by molar-refractivity contribution is 0.0162. The largest absolute Gasteiger partial charge is 0.497 e. The Balaban J connectivity index is 1.45. The SMILES string of the molecule is COc1ccc(C(CNC(=O)c2cccc(S(=O)(=O)NCc3ccco3)c2)N2CCOCC2)cc1. The van der Waals surface area contributed by atoms with Gasteiger partial charge in [-0.15, -0.1) is 0 Å². The van der Waals surface area contributed by atoms with Crippen LogP contribution in [0.4, 0.5) is 0 Å². The summed E-state index contributed by atoms with van der Waals surface area (Å²) in [7, 11) is -2.19. The summed E-state index contributed by atoms with van der Waals surface area (Å²) in [4.78, 5) is 15.3. The van der Waals surface area contributed by atoms with Crippen molar-refractivity contribution in [2.24, 2.45) is 0 Å². The normalized spacial score (nSPS) is 15.5. The van der Waals surface area contributed by atoms with Gasteiger partial charge < -0.3 is 19.2 Å². The highest BCUT2D eigenvalue weighted by Crippen LogP contribution is 2.24. The van der Waals surface area contributed by atoms with Gasteiger partial charge in [-0.25, -0.2) is 13.1 Å². The Hall–Kier alpha value is -3.18. The zero-order valence-corrected chi connectivity index (χ0v) is 20.3. The van der Waals surface area contributed by atoms with E-state index >= 15 is 0 Å². The molecule has 1 amide bonds. The minimum Gasteiger partial charge on any atom is -0.497 e. The number of morpholine rings is 1. The lowest BCUT2D eigenvalue weighted by Crippen LogP contribution is -2.43. The molecular weight excluding hydrogens is 470 g/mol. The molecule has 0 saturated carbocycles. The molecule has 3 aromatic rings. The summed E-state index contributed by atoms with van der Waals surface area (Å²) in [5, 5.41) is 2.97. The highest BCUT2D eigenvalue weighted by atomic mass is 32.2. The van der Waals surface area contributed by atoms with E-state index in [1.54, 1.807) is 31.4 Å². The lowest BCUT2D eigenvalue weighted by Gasteiger charge is -2.35. The quantitative estimate of drug-likeness (QED) is 0.441. The molecule has 2 N–H and O–H groups in total. The average molecular weight is 500 g/mol. The molecule has 1 fully saturated rings. The third kappa shape index (κ3) is 6.49. The number of ether oxygens (including phenoxy) is 2. The number of rotatable bonds is 10. The standard InChI is InChI=1S/C25H29N3O6S/c1-32-21-9-7-19(8-10-21)24(28-11-14-33-15-12-28)18-26-25(29)20-4-2-6-23(16-20)35(30,31)27-17-22-5-3-13-34-22/h2-10,13,16,24,27H,11-12,14-15,17-18H2,1H3,(H,26,29). The van der Waals surface area contributed by atoms with E-state index < -0.39 is 10.0 Å². The Labute approximate surface area is 205 Å². The third-order valence-corrected chi connectivity index (χ3v) is 7.26. The van der Waals surface area contributed by atoms with Crippen molar-refractivity contribution in [3.05, 3.63) is 83.8 Å². The van der Waals surface area contributed by atoms with Crippen LogP contribution in [0, 0.1) is 0 Å². The second-order valence-electron chi connectivity index (χ2n) is 8.08. The van der Waals surface area contributed by atoms with E-state index in [9.17, 15) is 13.2 Å². The number of benzene rings is 2. The minimum atomic E-state index is -3.81. The Bertz CT molecular complexity index is 1210. The van der Waals surface area contributed by atoms with Gasteiger partial charge in [-0.3, -0.25) is 9.69 Å². The molecule has 186 valence electrons. The second-order valence-corrected chi connectivity index (χ2v) is 9.85. The van der Waals surface area contributed by atoms with Crippen molar-refractivity contribution in [2.75, 3.05) is 40.0 Å². The van der Waals surface area contributed by atoms with Gasteiger partial charge in [0.2, 0.25) is 10.0 Å². The molecular formula is C25H29N3O6S. The van der Waals surface area contributed by atoms with Crippen molar-refractivity contribution in [3.8, 4) is 5.75 Å². The topological polar surface area (TPSA) is 110 Å². The Morgan fingerprint density at radius 3 is 2.54 bits per heavy atom. The van der Waals surface area contributed by atoms with Crippen LogP contribution in [0.25, 0.3) is 0 Å². The van der Waals surface area contributed by atoms with Crippen LogP contribution >= 0.6 is 0 Å². The fourth-order valence-electron chi connectivity index (χ4n) is 3.93. The molecule has 10 heteroatoms. The zero-order chi connectivity index (χ0) is 24.7. The van der Waals surface area contributed by atoms with Gasteiger partial charge in [-0.2, -0.15) is 0 Å². The zero-order valence-electron chi connectivity index (χ0n) is 19.5. The van der Waals surface area contributed by atoms with Crippen molar-refractivity contribution in [1.82, 2.24) is 14.9 Å². The summed E-state index contributed by atoms with van der Waals surface area (Å²) in [5.74, 6) is 0.909. The predicted octanol–water partition coefficient (Wildman–Crippen LogP) is 2.57. The van der Waals surface area contributed by atoms with Gasteiger partial charge in [0.1, 0.15) is 11.5 Å². The minimum absolute atomic E-state index is 0.0107. The number of nitrogens with zero attached hydrogens (tertiary/aromatic N) is 1. The van der Waals surface area contributed by atoms with E-state index in [1.165, 1.54) is 18.4 Å². The van der Waals surface area contributed by atoms with Crippen LogP contribution in [0.2, 0.25) is 0 Å². The first kappa shape index (κ1) is 24.9. The first-order chi connectivity index (χ1) is 17.0. The maximum atomic E-state index is 13.0. The molecule has 2 heterocycles. The molecule has 1 aliphatic rings. The summed E-state index contributed by atoms with van der Waals surface area (Å²) in [6, 6.07) is 17.1. The molecule has 0 bridgehead atoms. The molecule has 0 spiro atoms. The fourth-order valence-corrected chi connectivity index (χ4v) is 4.97. The predicted molar refractivity (Wildman–Crippen MR) is 130 cm³/mol. The molecule has 0 aliphatic carbocycles. The van der Waals surface area contributed by atoms with E-state index in [4.69, 9.17) is 13.9 Å². The molecule has 2 aromatic carbocycles. The van der Waals surface area contributed by atoms with E-state index in [0.29, 0.717) is 25.5 Å². The van der Waals surface area contributed by atoms with Crippen molar-refractivity contribution >= 4 is 15.9 Å². The monoisotopic (exact) mass is 499 g/mol. The Morgan fingerprint density at radius 2 is 1.86 bits per heavy atom. The molecule has 35 heavy (non-hydrogen) atoms. The van der Waals surface area contributed by atoms with Crippen LogP contribution in [-0.4, -0.2) is 59.2 Å². The molecule has 4 rings (SSSR count). The van der Waals surface area contributed by atoms with Gasteiger partial charge in [0, 0.05) is 25.2 Å². The van der Waals surface area contributed by atoms with Crippen molar-refractivity contribution in [2.45, 2.75) is 17.5 Å². The van der Waals surface area contributed by atoms with Gasteiger partial charge in [-0.05, 0) is 48.0 Å². The van der Waals surface area contributed by atoms with E-state index in [0.717, 1.165) is 24.4 Å². The number of hydrogen-bond donors (Lipinski definition) is 2. The van der Waals surface area contributed by atoms with Crippen LogP contribution in [0.5, 0.6) is 5.75 Å². The van der Waals surface area contributed by atoms with E-state index in [2.05, 4.69) is 14.9 Å². The number of hydrogen-bond acceptors (Lipinski definition) is 7.